The molecule has 0 aromatic heterocycles. The fraction of sp³-hybridized carbons (Fsp3) is 1.00. The predicted molar refractivity (Wildman–Crippen MR) is 30.0 cm³/mol. The molecule has 1 saturated heterocycles. The van der Waals surface area contributed by atoms with Crippen LogP contribution in [0.5, 0.6) is 0 Å². The molecule has 0 saturated carbocycles. The minimum Gasteiger partial charge on any atom is -0.248 e. The van der Waals surface area contributed by atoms with Gasteiger partial charge in [0.05, 0.1) is 12.7 Å². The first-order valence-electron chi connectivity index (χ1n) is 2.68. The second kappa shape index (κ2) is 2.24. The molecule has 0 N–H and O–H groups in total. The molecule has 54 valence electrons. The lowest BCUT2D eigenvalue weighted by Crippen LogP contribution is -2.25. The van der Waals surface area contributed by atoms with E-state index in [-0.39, 0.29) is 12.7 Å². The van der Waals surface area contributed by atoms with Crippen molar-refractivity contribution in [3.8, 4) is 0 Å². The van der Waals surface area contributed by atoms with Crippen molar-refractivity contribution >= 4 is 10.4 Å². The predicted octanol–water partition coefficient (Wildman–Crippen LogP) is 0.0566. The summed E-state index contributed by atoms with van der Waals surface area (Å²) in [6.45, 7) is 1.93. The average Bonchev–Trinajstić information content (AvgIpc) is 1.60. The molecule has 9 heavy (non-hydrogen) atoms. The van der Waals surface area contributed by atoms with E-state index < -0.39 is 10.4 Å². The molecule has 0 aromatic rings. The molecule has 1 rings (SSSR count). The highest BCUT2D eigenvalue weighted by Crippen LogP contribution is 2.11. The van der Waals surface area contributed by atoms with Gasteiger partial charge in [-0.05, 0) is 13.3 Å². The van der Waals surface area contributed by atoms with Gasteiger partial charge in [0.2, 0.25) is 0 Å². The van der Waals surface area contributed by atoms with E-state index in [4.69, 9.17) is 0 Å². The SMILES string of the molecule is C[C@@H]1CCOS(=O)(=O)O1. The van der Waals surface area contributed by atoms with Gasteiger partial charge < -0.3 is 0 Å². The summed E-state index contributed by atoms with van der Waals surface area (Å²) in [6, 6.07) is 0. The molecule has 0 spiro atoms. The first-order valence-corrected chi connectivity index (χ1v) is 4.01. The second-order valence-electron chi connectivity index (χ2n) is 1.93. The standard InChI is InChI=1S/C4H8O4S/c1-4-2-3-7-9(5,6)8-4/h4H,2-3H2,1H3/t4-/m1/s1. The molecule has 0 aromatic carbocycles. The van der Waals surface area contributed by atoms with Crippen LogP contribution in [-0.4, -0.2) is 21.1 Å². The second-order valence-corrected chi connectivity index (χ2v) is 3.17. The molecule has 1 aliphatic rings. The van der Waals surface area contributed by atoms with Crippen LogP contribution >= 0.6 is 0 Å². The van der Waals surface area contributed by atoms with Crippen LogP contribution in [0, 0.1) is 0 Å². The van der Waals surface area contributed by atoms with Crippen molar-refractivity contribution in [2.45, 2.75) is 19.4 Å². The summed E-state index contributed by atoms with van der Waals surface area (Å²) < 4.78 is 29.5. The van der Waals surface area contributed by atoms with Gasteiger partial charge in [-0.1, -0.05) is 0 Å². The molecule has 0 amide bonds. The summed E-state index contributed by atoms with van der Waals surface area (Å²) in [4.78, 5) is 0. The molecule has 1 aliphatic heterocycles. The average molecular weight is 152 g/mol. The zero-order valence-corrected chi connectivity index (χ0v) is 5.85. The van der Waals surface area contributed by atoms with Crippen LogP contribution in [0.15, 0.2) is 0 Å². The summed E-state index contributed by atoms with van der Waals surface area (Å²) in [6.07, 6.45) is 0.405. The van der Waals surface area contributed by atoms with Gasteiger partial charge in [0.1, 0.15) is 0 Å². The van der Waals surface area contributed by atoms with E-state index in [1.807, 2.05) is 0 Å². The van der Waals surface area contributed by atoms with Gasteiger partial charge in [-0.3, -0.25) is 0 Å². The quantitative estimate of drug-likeness (QED) is 0.492. The van der Waals surface area contributed by atoms with Crippen LogP contribution in [0.4, 0.5) is 0 Å². The van der Waals surface area contributed by atoms with E-state index in [0.717, 1.165) is 0 Å². The maximum absolute atomic E-state index is 10.4. The van der Waals surface area contributed by atoms with Gasteiger partial charge in [0.25, 0.3) is 0 Å². The van der Waals surface area contributed by atoms with Crippen LogP contribution in [0.3, 0.4) is 0 Å². The maximum atomic E-state index is 10.4. The molecule has 4 nitrogen and oxygen atoms in total. The van der Waals surface area contributed by atoms with E-state index >= 15 is 0 Å². The molecule has 5 heteroatoms. The summed E-state index contributed by atoms with van der Waals surface area (Å²) in [7, 11) is -3.63. The highest BCUT2D eigenvalue weighted by molar-refractivity contribution is 7.81. The van der Waals surface area contributed by atoms with Gasteiger partial charge in [-0.2, -0.15) is 8.42 Å². The van der Waals surface area contributed by atoms with Gasteiger partial charge in [0.15, 0.2) is 0 Å². The van der Waals surface area contributed by atoms with Crippen LogP contribution < -0.4 is 0 Å². The first-order chi connectivity index (χ1) is 4.10. The Balaban J connectivity index is 2.62. The monoisotopic (exact) mass is 152 g/mol. The molecule has 1 heterocycles. The number of hydrogen-bond donors (Lipinski definition) is 0. The Bertz CT molecular complexity index is 183. The Morgan fingerprint density at radius 3 is 2.56 bits per heavy atom. The van der Waals surface area contributed by atoms with Gasteiger partial charge >= 0.3 is 10.4 Å². The van der Waals surface area contributed by atoms with Crippen molar-refractivity contribution in [1.29, 1.82) is 0 Å². The first kappa shape index (κ1) is 6.98. The molecule has 0 unspecified atom stereocenters. The van der Waals surface area contributed by atoms with E-state index in [9.17, 15) is 8.42 Å². The summed E-state index contributed by atoms with van der Waals surface area (Å²) >= 11 is 0. The molecule has 0 bridgehead atoms. The van der Waals surface area contributed by atoms with Crippen molar-refractivity contribution in [2.75, 3.05) is 6.61 Å². The van der Waals surface area contributed by atoms with E-state index in [1.165, 1.54) is 0 Å². The highest BCUT2D eigenvalue weighted by atomic mass is 32.3. The zero-order valence-electron chi connectivity index (χ0n) is 5.03. The van der Waals surface area contributed by atoms with E-state index in [2.05, 4.69) is 8.37 Å². The normalized spacial score (nSPS) is 34.1. The van der Waals surface area contributed by atoms with Gasteiger partial charge in [0, 0.05) is 0 Å². The fourth-order valence-electron chi connectivity index (χ4n) is 0.593. The number of hydrogen-bond acceptors (Lipinski definition) is 4. The highest BCUT2D eigenvalue weighted by Gasteiger charge is 2.22. The molecule has 0 radical (unpaired) electrons. The third kappa shape index (κ3) is 1.92. The minimum absolute atomic E-state index is 0.233. The summed E-state index contributed by atoms with van der Waals surface area (Å²) in [5, 5.41) is 0. The van der Waals surface area contributed by atoms with E-state index in [0.29, 0.717) is 6.42 Å². The Labute approximate surface area is 54.1 Å². The van der Waals surface area contributed by atoms with Crippen LogP contribution in [0.1, 0.15) is 13.3 Å². The molecular formula is C4H8O4S. The lowest BCUT2D eigenvalue weighted by molar-refractivity contribution is 0.103. The Morgan fingerprint density at radius 1 is 1.56 bits per heavy atom. The molecule has 1 atom stereocenters. The summed E-state index contributed by atoms with van der Waals surface area (Å²) in [5.41, 5.74) is 0. The van der Waals surface area contributed by atoms with Crippen LogP contribution in [-0.2, 0) is 18.8 Å². The third-order valence-electron chi connectivity index (χ3n) is 1.03. The van der Waals surface area contributed by atoms with Gasteiger partial charge in [-0.25, -0.2) is 8.37 Å². The summed E-state index contributed by atoms with van der Waals surface area (Å²) in [5.74, 6) is 0. The Kier molecular flexibility index (Phi) is 1.74. The molecule has 0 aliphatic carbocycles. The van der Waals surface area contributed by atoms with Crippen molar-refractivity contribution < 1.29 is 16.8 Å². The van der Waals surface area contributed by atoms with Gasteiger partial charge in [-0.15, -0.1) is 0 Å². The maximum Gasteiger partial charge on any atom is 0.400 e. The van der Waals surface area contributed by atoms with Crippen LogP contribution in [0.2, 0.25) is 0 Å². The largest absolute Gasteiger partial charge is 0.400 e. The van der Waals surface area contributed by atoms with Crippen molar-refractivity contribution in [3.63, 3.8) is 0 Å². The minimum atomic E-state index is -3.63. The lowest BCUT2D eigenvalue weighted by atomic mass is 10.3. The van der Waals surface area contributed by atoms with Crippen LogP contribution in [0.25, 0.3) is 0 Å². The van der Waals surface area contributed by atoms with Crippen molar-refractivity contribution in [3.05, 3.63) is 0 Å². The third-order valence-corrected chi connectivity index (χ3v) is 2.05. The fourth-order valence-corrected chi connectivity index (χ4v) is 1.45. The Hall–Kier alpha value is -0.130. The number of rotatable bonds is 0. The molecular weight excluding hydrogens is 144 g/mol. The topological polar surface area (TPSA) is 52.6 Å². The van der Waals surface area contributed by atoms with Crippen molar-refractivity contribution in [2.24, 2.45) is 0 Å². The Morgan fingerprint density at radius 2 is 2.22 bits per heavy atom. The lowest BCUT2D eigenvalue weighted by Gasteiger charge is -2.17. The van der Waals surface area contributed by atoms with Crippen molar-refractivity contribution in [1.82, 2.24) is 0 Å². The molecule has 1 fully saturated rings. The van der Waals surface area contributed by atoms with E-state index in [1.54, 1.807) is 6.92 Å². The zero-order chi connectivity index (χ0) is 6.91. The smallest absolute Gasteiger partial charge is 0.248 e.